The Morgan fingerprint density at radius 3 is 3.00 bits per heavy atom. The lowest BCUT2D eigenvalue weighted by Crippen LogP contribution is -2.47. The van der Waals surface area contributed by atoms with Crippen LogP contribution >= 0.6 is 0 Å². The first kappa shape index (κ1) is 12.8. The van der Waals surface area contributed by atoms with Gasteiger partial charge in [0.1, 0.15) is 11.8 Å². The van der Waals surface area contributed by atoms with Crippen molar-refractivity contribution in [3.8, 4) is 6.07 Å². The minimum Gasteiger partial charge on any atom is -0.337 e. The van der Waals surface area contributed by atoms with E-state index in [2.05, 4.69) is 27.9 Å². The lowest BCUT2D eigenvalue weighted by Gasteiger charge is -2.38. The van der Waals surface area contributed by atoms with Gasteiger partial charge in [0.15, 0.2) is 0 Å². The van der Waals surface area contributed by atoms with Crippen LogP contribution in [0.1, 0.15) is 31.2 Å². The number of hydrogen-bond acceptors (Lipinski definition) is 5. The van der Waals surface area contributed by atoms with Crippen molar-refractivity contribution in [3.05, 3.63) is 17.5 Å². The maximum Gasteiger partial charge on any atom is 0.227 e. The van der Waals surface area contributed by atoms with Crippen molar-refractivity contribution in [1.82, 2.24) is 9.97 Å². The van der Waals surface area contributed by atoms with Crippen LogP contribution in [0.4, 0.5) is 5.95 Å². The second-order valence-electron chi connectivity index (χ2n) is 5.02. The van der Waals surface area contributed by atoms with Crippen LogP contribution in [0.15, 0.2) is 6.07 Å². The standard InChI is InChI=1S/C13H19N5/c1-9-3-4-18(12(5-9)8-15)13-16-10(2)6-11(7-14)17-13/h6,9,12H,3-5,8,15H2,1-2H3. The summed E-state index contributed by atoms with van der Waals surface area (Å²) >= 11 is 0. The van der Waals surface area contributed by atoms with Gasteiger partial charge >= 0.3 is 0 Å². The first-order valence-corrected chi connectivity index (χ1v) is 6.36. The van der Waals surface area contributed by atoms with Crippen molar-refractivity contribution in [2.24, 2.45) is 11.7 Å². The summed E-state index contributed by atoms with van der Waals surface area (Å²) in [6, 6.07) is 4.06. The van der Waals surface area contributed by atoms with Gasteiger partial charge in [-0.25, -0.2) is 9.97 Å². The van der Waals surface area contributed by atoms with Crippen molar-refractivity contribution in [2.75, 3.05) is 18.0 Å². The molecule has 0 spiro atoms. The first-order chi connectivity index (χ1) is 8.63. The van der Waals surface area contributed by atoms with Crippen LogP contribution in [0.2, 0.25) is 0 Å². The van der Waals surface area contributed by atoms with Gasteiger partial charge in [-0.2, -0.15) is 5.26 Å². The maximum atomic E-state index is 8.97. The van der Waals surface area contributed by atoms with E-state index in [4.69, 9.17) is 11.0 Å². The average molecular weight is 245 g/mol. The van der Waals surface area contributed by atoms with E-state index in [0.29, 0.717) is 24.1 Å². The molecule has 0 saturated carbocycles. The van der Waals surface area contributed by atoms with Crippen molar-refractivity contribution < 1.29 is 0 Å². The molecule has 5 heteroatoms. The third-order valence-electron chi connectivity index (χ3n) is 3.46. The molecular weight excluding hydrogens is 226 g/mol. The van der Waals surface area contributed by atoms with E-state index in [1.807, 2.05) is 6.92 Å². The fourth-order valence-corrected chi connectivity index (χ4v) is 2.48. The lowest BCUT2D eigenvalue weighted by atomic mass is 9.93. The van der Waals surface area contributed by atoms with Gasteiger partial charge in [0, 0.05) is 24.8 Å². The van der Waals surface area contributed by atoms with Crippen LogP contribution in [0.5, 0.6) is 0 Å². The third-order valence-corrected chi connectivity index (χ3v) is 3.46. The van der Waals surface area contributed by atoms with Crippen molar-refractivity contribution >= 4 is 5.95 Å². The van der Waals surface area contributed by atoms with E-state index < -0.39 is 0 Å². The summed E-state index contributed by atoms with van der Waals surface area (Å²) in [7, 11) is 0. The fourth-order valence-electron chi connectivity index (χ4n) is 2.48. The normalized spacial score (nSPS) is 23.8. The number of aryl methyl sites for hydroxylation is 1. The van der Waals surface area contributed by atoms with Gasteiger partial charge in [-0.15, -0.1) is 0 Å². The number of rotatable bonds is 2. The molecule has 2 atom stereocenters. The molecule has 1 aromatic rings. The molecule has 2 unspecified atom stereocenters. The zero-order valence-electron chi connectivity index (χ0n) is 10.9. The van der Waals surface area contributed by atoms with Crippen LogP contribution in [0, 0.1) is 24.2 Å². The highest BCUT2D eigenvalue weighted by atomic mass is 15.3. The van der Waals surface area contributed by atoms with Crippen LogP contribution in [-0.2, 0) is 0 Å². The largest absolute Gasteiger partial charge is 0.337 e. The third kappa shape index (κ3) is 2.59. The minimum absolute atomic E-state index is 0.280. The second-order valence-corrected chi connectivity index (χ2v) is 5.02. The number of nitriles is 1. The predicted molar refractivity (Wildman–Crippen MR) is 70.1 cm³/mol. The highest BCUT2D eigenvalue weighted by Crippen LogP contribution is 2.25. The van der Waals surface area contributed by atoms with Crippen LogP contribution < -0.4 is 10.6 Å². The van der Waals surface area contributed by atoms with E-state index in [1.54, 1.807) is 6.07 Å². The summed E-state index contributed by atoms with van der Waals surface area (Å²) in [5.41, 5.74) is 7.09. The van der Waals surface area contributed by atoms with Crippen molar-refractivity contribution in [3.63, 3.8) is 0 Å². The smallest absolute Gasteiger partial charge is 0.227 e. The highest BCUT2D eigenvalue weighted by Gasteiger charge is 2.27. The maximum absolute atomic E-state index is 8.97. The van der Waals surface area contributed by atoms with Gasteiger partial charge in [0.05, 0.1) is 0 Å². The van der Waals surface area contributed by atoms with E-state index in [-0.39, 0.29) is 6.04 Å². The average Bonchev–Trinajstić information content (AvgIpc) is 2.37. The van der Waals surface area contributed by atoms with Crippen molar-refractivity contribution in [2.45, 2.75) is 32.7 Å². The topological polar surface area (TPSA) is 78.8 Å². The molecule has 0 bridgehead atoms. The number of piperidine rings is 1. The zero-order valence-corrected chi connectivity index (χ0v) is 10.9. The van der Waals surface area contributed by atoms with E-state index in [9.17, 15) is 0 Å². The number of nitrogens with two attached hydrogens (primary N) is 1. The molecule has 2 N–H and O–H groups in total. The Hall–Kier alpha value is -1.67. The Morgan fingerprint density at radius 2 is 2.33 bits per heavy atom. The Balaban J connectivity index is 2.30. The summed E-state index contributed by atoms with van der Waals surface area (Å²) in [5.74, 6) is 1.34. The Kier molecular flexibility index (Phi) is 3.78. The molecule has 1 aliphatic heterocycles. The molecule has 1 fully saturated rings. The predicted octanol–water partition coefficient (Wildman–Crippen LogP) is 1.22. The Morgan fingerprint density at radius 1 is 1.56 bits per heavy atom. The van der Waals surface area contributed by atoms with Gasteiger partial charge < -0.3 is 10.6 Å². The molecule has 2 heterocycles. The second kappa shape index (κ2) is 5.32. The SMILES string of the molecule is Cc1cc(C#N)nc(N2CCC(C)CC2CN)n1. The monoisotopic (exact) mass is 245 g/mol. The molecule has 1 saturated heterocycles. The molecule has 0 aliphatic carbocycles. The lowest BCUT2D eigenvalue weighted by molar-refractivity contribution is 0.362. The fraction of sp³-hybridized carbons (Fsp3) is 0.615. The molecule has 0 radical (unpaired) electrons. The molecule has 1 aliphatic rings. The van der Waals surface area contributed by atoms with Crippen LogP contribution in [0.3, 0.4) is 0 Å². The van der Waals surface area contributed by atoms with E-state index in [1.165, 1.54) is 0 Å². The van der Waals surface area contributed by atoms with Gasteiger partial charge in [-0.1, -0.05) is 6.92 Å². The molecule has 1 aromatic heterocycles. The Bertz CT molecular complexity index is 465. The Labute approximate surface area is 108 Å². The summed E-state index contributed by atoms with van der Waals surface area (Å²) in [5, 5.41) is 8.97. The summed E-state index contributed by atoms with van der Waals surface area (Å²) in [4.78, 5) is 10.9. The van der Waals surface area contributed by atoms with Crippen LogP contribution in [-0.4, -0.2) is 29.1 Å². The number of nitrogens with zero attached hydrogens (tertiary/aromatic N) is 4. The molecular formula is C13H19N5. The van der Waals surface area contributed by atoms with Gasteiger partial charge in [-0.3, -0.25) is 0 Å². The molecule has 5 nitrogen and oxygen atoms in total. The quantitative estimate of drug-likeness (QED) is 0.847. The highest BCUT2D eigenvalue weighted by molar-refractivity contribution is 5.38. The van der Waals surface area contributed by atoms with Gasteiger partial charge in [0.2, 0.25) is 5.95 Å². The van der Waals surface area contributed by atoms with E-state index in [0.717, 1.165) is 25.1 Å². The van der Waals surface area contributed by atoms with E-state index >= 15 is 0 Å². The molecule has 18 heavy (non-hydrogen) atoms. The summed E-state index contributed by atoms with van der Waals surface area (Å²) in [6.07, 6.45) is 2.19. The van der Waals surface area contributed by atoms with Gasteiger partial charge in [0.25, 0.3) is 0 Å². The molecule has 2 rings (SSSR count). The molecule has 0 aromatic carbocycles. The zero-order chi connectivity index (χ0) is 13.1. The van der Waals surface area contributed by atoms with Crippen LogP contribution in [0.25, 0.3) is 0 Å². The van der Waals surface area contributed by atoms with Gasteiger partial charge in [-0.05, 0) is 31.7 Å². The number of aromatic nitrogens is 2. The molecule has 0 amide bonds. The first-order valence-electron chi connectivity index (χ1n) is 6.36. The van der Waals surface area contributed by atoms with Crippen molar-refractivity contribution in [1.29, 1.82) is 5.26 Å². The molecule has 96 valence electrons. The summed E-state index contributed by atoms with van der Waals surface area (Å²) in [6.45, 7) is 5.65. The minimum atomic E-state index is 0.280. The number of anilines is 1. The number of hydrogen-bond donors (Lipinski definition) is 1. The summed E-state index contributed by atoms with van der Waals surface area (Å²) < 4.78 is 0.